The van der Waals surface area contributed by atoms with E-state index >= 15 is 0 Å². The van der Waals surface area contributed by atoms with Crippen molar-refractivity contribution in [1.82, 2.24) is 5.32 Å². The molecule has 1 unspecified atom stereocenters. The predicted octanol–water partition coefficient (Wildman–Crippen LogP) is 2.93. The highest BCUT2D eigenvalue weighted by atomic mass is 79.9. The summed E-state index contributed by atoms with van der Waals surface area (Å²) >= 11 is 4.92. The second-order valence-electron chi connectivity index (χ2n) is 3.37. The SMILES string of the molecule is OC(CNCc1ccco1)c1ccc(Br)s1. The van der Waals surface area contributed by atoms with Gasteiger partial charge in [0.15, 0.2) is 0 Å². The summed E-state index contributed by atoms with van der Waals surface area (Å²) in [5.74, 6) is 0.875. The second kappa shape index (κ2) is 5.63. The third-order valence-electron chi connectivity index (χ3n) is 2.14. The maximum Gasteiger partial charge on any atom is 0.117 e. The number of aliphatic hydroxyl groups excluding tert-OH is 1. The minimum absolute atomic E-state index is 0.466. The van der Waals surface area contributed by atoms with Crippen LogP contribution in [0.5, 0.6) is 0 Å². The molecule has 0 amide bonds. The summed E-state index contributed by atoms with van der Waals surface area (Å²) in [6, 6.07) is 7.62. The van der Waals surface area contributed by atoms with Crippen LogP contribution in [0.25, 0.3) is 0 Å². The van der Waals surface area contributed by atoms with E-state index in [2.05, 4.69) is 21.2 Å². The van der Waals surface area contributed by atoms with Crippen molar-refractivity contribution in [2.45, 2.75) is 12.6 Å². The Morgan fingerprint density at radius 3 is 2.94 bits per heavy atom. The molecular weight excluding hydrogens is 290 g/mol. The number of nitrogens with one attached hydrogen (secondary N) is 1. The van der Waals surface area contributed by atoms with Crippen molar-refractivity contribution in [1.29, 1.82) is 0 Å². The zero-order chi connectivity index (χ0) is 11.4. The molecular formula is C11H12BrNO2S. The normalized spacial score (nSPS) is 12.9. The van der Waals surface area contributed by atoms with E-state index in [0.29, 0.717) is 13.1 Å². The maximum atomic E-state index is 9.86. The van der Waals surface area contributed by atoms with Crippen molar-refractivity contribution >= 4 is 27.3 Å². The number of aliphatic hydroxyl groups is 1. The third kappa shape index (κ3) is 3.18. The van der Waals surface area contributed by atoms with Crippen LogP contribution in [0, 0.1) is 0 Å². The van der Waals surface area contributed by atoms with Crippen LogP contribution in [0.1, 0.15) is 16.7 Å². The van der Waals surface area contributed by atoms with Gasteiger partial charge >= 0.3 is 0 Å². The fraction of sp³-hybridized carbons (Fsp3) is 0.273. The maximum absolute atomic E-state index is 9.86. The molecule has 0 saturated carbocycles. The minimum Gasteiger partial charge on any atom is -0.468 e. The Balaban J connectivity index is 1.78. The zero-order valence-electron chi connectivity index (χ0n) is 8.52. The smallest absolute Gasteiger partial charge is 0.117 e. The Bertz CT molecular complexity index is 427. The van der Waals surface area contributed by atoms with Gasteiger partial charge in [0.2, 0.25) is 0 Å². The van der Waals surface area contributed by atoms with Gasteiger partial charge < -0.3 is 14.8 Å². The number of thiophene rings is 1. The van der Waals surface area contributed by atoms with Crippen molar-refractivity contribution in [2.24, 2.45) is 0 Å². The first-order chi connectivity index (χ1) is 7.75. The first-order valence-corrected chi connectivity index (χ1v) is 6.53. The number of hydrogen-bond donors (Lipinski definition) is 2. The van der Waals surface area contributed by atoms with E-state index in [1.807, 2.05) is 24.3 Å². The highest BCUT2D eigenvalue weighted by Gasteiger charge is 2.09. The second-order valence-corrected chi connectivity index (χ2v) is 5.86. The van der Waals surface area contributed by atoms with Gasteiger partial charge in [-0.25, -0.2) is 0 Å². The van der Waals surface area contributed by atoms with Gasteiger partial charge in [0, 0.05) is 11.4 Å². The van der Waals surface area contributed by atoms with Crippen LogP contribution < -0.4 is 5.32 Å². The van der Waals surface area contributed by atoms with E-state index in [1.165, 1.54) is 0 Å². The minimum atomic E-state index is -0.466. The van der Waals surface area contributed by atoms with Crippen LogP contribution in [0.3, 0.4) is 0 Å². The fourth-order valence-electron chi connectivity index (χ4n) is 1.35. The quantitative estimate of drug-likeness (QED) is 0.892. The van der Waals surface area contributed by atoms with E-state index in [0.717, 1.165) is 14.4 Å². The first kappa shape index (κ1) is 11.9. The molecule has 0 aromatic carbocycles. The van der Waals surface area contributed by atoms with Crippen LogP contribution >= 0.6 is 27.3 Å². The van der Waals surface area contributed by atoms with Gasteiger partial charge in [-0.3, -0.25) is 0 Å². The summed E-state index contributed by atoms with van der Waals surface area (Å²) in [5.41, 5.74) is 0. The van der Waals surface area contributed by atoms with Crippen molar-refractivity contribution in [3.63, 3.8) is 0 Å². The van der Waals surface area contributed by atoms with E-state index < -0.39 is 6.10 Å². The van der Waals surface area contributed by atoms with Crippen molar-refractivity contribution in [3.8, 4) is 0 Å². The van der Waals surface area contributed by atoms with Crippen LogP contribution in [0.15, 0.2) is 38.7 Å². The van der Waals surface area contributed by atoms with Crippen LogP contribution in [0.2, 0.25) is 0 Å². The molecule has 0 fully saturated rings. The van der Waals surface area contributed by atoms with Gasteiger partial charge in [-0.1, -0.05) is 0 Å². The molecule has 2 heterocycles. The lowest BCUT2D eigenvalue weighted by Gasteiger charge is -2.08. The Morgan fingerprint density at radius 2 is 2.31 bits per heavy atom. The molecule has 0 spiro atoms. The molecule has 0 aliphatic rings. The summed E-state index contributed by atoms with van der Waals surface area (Å²) in [6.45, 7) is 1.16. The van der Waals surface area contributed by atoms with Crippen LogP contribution in [0.4, 0.5) is 0 Å². The topological polar surface area (TPSA) is 45.4 Å². The Morgan fingerprint density at radius 1 is 1.44 bits per heavy atom. The molecule has 1 atom stereocenters. The molecule has 2 aromatic heterocycles. The lowest BCUT2D eigenvalue weighted by Crippen LogP contribution is -2.20. The number of rotatable bonds is 5. The molecule has 0 aliphatic heterocycles. The van der Waals surface area contributed by atoms with Crippen molar-refractivity contribution < 1.29 is 9.52 Å². The number of halogens is 1. The zero-order valence-corrected chi connectivity index (χ0v) is 10.9. The molecule has 2 aromatic rings. The average Bonchev–Trinajstić information content (AvgIpc) is 2.89. The standard InChI is InChI=1S/C11H12BrNO2S/c12-11-4-3-10(16-11)9(14)7-13-6-8-2-1-5-15-8/h1-5,9,13-14H,6-7H2. The van der Waals surface area contributed by atoms with E-state index in [4.69, 9.17) is 4.42 Å². The highest BCUT2D eigenvalue weighted by Crippen LogP contribution is 2.26. The molecule has 0 aliphatic carbocycles. The molecule has 0 radical (unpaired) electrons. The lowest BCUT2D eigenvalue weighted by atomic mass is 10.3. The van der Waals surface area contributed by atoms with E-state index in [-0.39, 0.29) is 0 Å². The van der Waals surface area contributed by atoms with Gasteiger partial charge in [-0.15, -0.1) is 11.3 Å². The van der Waals surface area contributed by atoms with Gasteiger partial charge in [0.1, 0.15) is 11.9 Å². The van der Waals surface area contributed by atoms with Crippen LogP contribution in [-0.2, 0) is 6.54 Å². The summed E-state index contributed by atoms with van der Waals surface area (Å²) in [7, 11) is 0. The molecule has 2 rings (SSSR count). The average molecular weight is 302 g/mol. The molecule has 2 N–H and O–H groups in total. The third-order valence-corrected chi connectivity index (χ3v) is 3.86. The summed E-state index contributed by atoms with van der Waals surface area (Å²) in [5, 5.41) is 13.0. The van der Waals surface area contributed by atoms with E-state index in [9.17, 15) is 5.11 Å². The Labute approximate surface area is 106 Å². The molecule has 0 bridgehead atoms. The summed E-state index contributed by atoms with van der Waals surface area (Å²) in [4.78, 5) is 0.957. The first-order valence-electron chi connectivity index (χ1n) is 4.92. The van der Waals surface area contributed by atoms with Gasteiger partial charge in [0.25, 0.3) is 0 Å². The van der Waals surface area contributed by atoms with Crippen molar-refractivity contribution in [2.75, 3.05) is 6.54 Å². The molecule has 3 nitrogen and oxygen atoms in total. The molecule has 0 saturated heterocycles. The Kier molecular flexibility index (Phi) is 4.17. The molecule has 86 valence electrons. The predicted molar refractivity (Wildman–Crippen MR) is 67.4 cm³/mol. The lowest BCUT2D eigenvalue weighted by molar-refractivity contribution is 0.177. The van der Waals surface area contributed by atoms with Gasteiger partial charge in [0.05, 0.1) is 16.6 Å². The summed E-state index contributed by atoms with van der Waals surface area (Å²) < 4.78 is 6.21. The molecule has 5 heteroatoms. The fourth-order valence-corrected chi connectivity index (χ4v) is 2.76. The van der Waals surface area contributed by atoms with Gasteiger partial charge in [-0.05, 0) is 40.2 Å². The van der Waals surface area contributed by atoms with Crippen molar-refractivity contribution in [3.05, 3.63) is 45.0 Å². The number of furan rings is 1. The van der Waals surface area contributed by atoms with E-state index in [1.54, 1.807) is 17.6 Å². The number of hydrogen-bond acceptors (Lipinski definition) is 4. The molecule has 16 heavy (non-hydrogen) atoms. The van der Waals surface area contributed by atoms with Gasteiger partial charge in [-0.2, -0.15) is 0 Å². The monoisotopic (exact) mass is 301 g/mol. The Hall–Kier alpha value is -0.620. The van der Waals surface area contributed by atoms with Crippen LogP contribution in [-0.4, -0.2) is 11.7 Å². The largest absolute Gasteiger partial charge is 0.468 e. The highest BCUT2D eigenvalue weighted by molar-refractivity contribution is 9.11. The summed E-state index contributed by atoms with van der Waals surface area (Å²) in [6.07, 6.45) is 1.18.